The molecular formula is C11H24O2Si. The summed E-state index contributed by atoms with van der Waals surface area (Å²) in [7, 11) is -0.915. The molecule has 0 saturated carbocycles. The van der Waals surface area contributed by atoms with E-state index in [1.54, 1.807) is 0 Å². The van der Waals surface area contributed by atoms with Crippen LogP contribution in [0.4, 0.5) is 0 Å². The normalized spacial score (nSPS) is 11.4. The highest BCUT2D eigenvalue weighted by Crippen LogP contribution is 2.22. The van der Waals surface area contributed by atoms with Gasteiger partial charge in [0.25, 0.3) is 0 Å². The predicted octanol–water partition coefficient (Wildman–Crippen LogP) is 3.45. The van der Waals surface area contributed by atoms with Crippen molar-refractivity contribution in [3.8, 4) is 0 Å². The van der Waals surface area contributed by atoms with Crippen molar-refractivity contribution in [3.05, 3.63) is 0 Å². The highest BCUT2D eigenvalue weighted by molar-refractivity contribution is 6.78. The van der Waals surface area contributed by atoms with Crippen LogP contribution in [0.5, 0.6) is 0 Å². The first-order valence-electron chi connectivity index (χ1n) is 5.67. The van der Waals surface area contributed by atoms with Gasteiger partial charge in [-0.25, -0.2) is 0 Å². The maximum Gasteiger partial charge on any atom is 0.302 e. The molecule has 2 nitrogen and oxygen atoms in total. The smallest absolute Gasteiger partial charge is 0.302 e. The van der Waals surface area contributed by atoms with Crippen LogP contribution >= 0.6 is 0 Å². The van der Waals surface area contributed by atoms with Crippen molar-refractivity contribution in [1.29, 1.82) is 0 Å². The molecule has 0 unspecified atom stereocenters. The molecule has 0 spiro atoms. The second-order valence-electron chi connectivity index (χ2n) is 4.31. The molecule has 0 aromatic carbocycles. The zero-order valence-electron chi connectivity index (χ0n) is 10.1. The zero-order valence-corrected chi connectivity index (χ0v) is 11.1. The highest BCUT2D eigenvalue weighted by atomic mass is 28.3. The molecule has 0 aromatic rings. The van der Waals surface area contributed by atoms with Crippen LogP contribution in [-0.4, -0.2) is 20.7 Å². The van der Waals surface area contributed by atoms with Crippen LogP contribution in [0.15, 0.2) is 0 Å². The summed E-state index contributed by atoms with van der Waals surface area (Å²) >= 11 is 0. The van der Waals surface area contributed by atoms with Crippen LogP contribution in [0.1, 0.15) is 33.6 Å². The van der Waals surface area contributed by atoms with Gasteiger partial charge in [-0.15, -0.1) is 0 Å². The Labute approximate surface area is 89.0 Å². The maximum absolute atomic E-state index is 10.5. The summed E-state index contributed by atoms with van der Waals surface area (Å²) in [6, 6.07) is 4.12. The number of hydrogen-bond donors (Lipinski definition) is 0. The second-order valence-corrected chi connectivity index (χ2v) is 9.85. The topological polar surface area (TPSA) is 26.3 Å². The molecule has 0 N–H and O–H groups in total. The largest absolute Gasteiger partial charge is 0.466 e. The number of rotatable bonds is 7. The third kappa shape index (κ3) is 6.19. The first-order valence-corrected chi connectivity index (χ1v) is 8.79. The first-order chi connectivity index (χ1) is 6.54. The van der Waals surface area contributed by atoms with Crippen LogP contribution in [0.2, 0.25) is 24.7 Å². The van der Waals surface area contributed by atoms with E-state index >= 15 is 0 Å². The molecule has 0 fully saturated rings. The Morgan fingerprint density at radius 1 is 1.21 bits per heavy atom. The van der Waals surface area contributed by atoms with Gasteiger partial charge in [0.2, 0.25) is 0 Å². The molecule has 0 atom stereocenters. The molecule has 14 heavy (non-hydrogen) atoms. The molecule has 0 rings (SSSR count). The Morgan fingerprint density at radius 2 is 1.79 bits per heavy atom. The molecule has 0 heterocycles. The first kappa shape index (κ1) is 13.7. The van der Waals surface area contributed by atoms with Crippen molar-refractivity contribution >= 4 is 14.0 Å². The summed E-state index contributed by atoms with van der Waals surface area (Å²) in [4.78, 5) is 10.5. The fraction of sp³-hybridized carbons (Fsp3) is 0.909. The Morgan fingerprint density at radius 3 is 2.21 bits per heavy atom. The third-order valence-electron chi connectivity index (χ3n) is 3.19. The van der Waals surface area contributed by atoms with E-state index in [4.69, 9.17) is 4.74 Å². The average Bonchev–Trinajstić information content (AvgIpc) is 2.16. The molecule has 84 valence electrons. The minimum atomic E-state index is -0.915. The molecule has 0 aromatic heterocycles. The molecule has 0 aliphatic heterocycles. The van der Waals surface area contributed by atoms with E-state index in [-0.39, 0.29) is 5.97 Å². The quantitative estimate of drug-likeness (QED) is 0.370. The number of carbonyl (C=O) groups is 1. The maximum atomic E-state index is 10.5. The van der Waals surface area contributed by atoms with E-state index in [2.05, 4.69) is 20.4 Å². The van der Waals surface area contributed by atoms with Crippen molar-refractivity contribution in [1.82, 2.24) is 0 Å². The molecule has 0 aliphatic carbocycles. The lowest BCUT2D eigenvalue weighted by atomic mass is 10.4. The monoisotopic (exact) mass is 216 g/mol. The zero-order chi connectivity index (χ0) is 11.0. The highest BCUT2D eigenvalue weighted by Gasteiger charge is 2.21. The fourth-order valence-electron chi connectivity index (χ4n) is 1.47. The summed E-state index contributed by atoms with van der Waals surface area (Å²) in [6.45, 7) is 9.16. The van der Waals surface area contributed by atoms with Crippen molar-refractivity contribution in [2.45, 2.75) is 58.3 Å². The molecule has 0 bridgehead atoms. The van der Waals surface area contributed by atoms with Gasteiger partial charge in [-0.2, -0.15) is 0 Å². The van der Waals surface area contributed by atoms with E-state index in [1.807, 2.05) is 0 Å². The van der Waals surface area contributed by atoms with Gasteiger partial charge in [-0.05, 0) is 6.42 Å². The Bertz CT molecular complexity index is 165. The van der Waals surface area contributed by atoms with Crippen molar-refractivity contribution in [2.24, 2.45) is 0 Å². The Hall–Kier alpha value is -0.313. The van der Waals surface area contributed by atoms with Gasteiger partial charge < -0.3 is 4.74 Å². The predicted molar refractivity (Wildman–Crippen MR) is 63.3 cm³/mol. The standard InChI is InChI=1S/C11H24O2Si/c1-5-14(4,6-2)10-8-7-9-13-11(3)12/h5-10H2,1-4H3. The van der Waals surface area contributed by atoms with Crippen LogP contribution in [0, 0.1) is 0 Å². The summed E-state index contributed by atoms with van der Waals surface area (Å²) in [5.74, 6) is -0.156. The van der Waals surface area contributed by atoms with Crippen LogP contribution in [0.25, 0.3) is 0 Å². The number of esters is 1. The molecule has 0 radical (unpaired) electrons. The lowest BCUT2D eigenvalue weighted by Gasteiger charge is -2.23. The second kappa shape index (κ2) is 7.04. The Kier molecular flexibility index (Phi) is 6.88. The molecule has 0 saturated heterocycles. The van der Waals surface area contributed by atoms with E-state index in [0.717, 1.165) is 6.42 Å². The molecule has 0 amide bonds. The Balaban J connectivity index is 3.47. The summed E-state index contributed by atoms with van der Waals surface area (Å²) in [5.41, 5.74) is 0. The van der Waals surface area contributed by atoms with Gasteiger partial charge in [0, 0.05) is 15.0 Å². The van der Waals surface area contributed by atoms with Crippen molar-refractivity contribution < 1.29 is 9.53 Å². The third-order valence-corrected chi connectivity index (χ3v) is 8.16. The van der Waals surface area contributed by atoms with E-state index in [9.17, 15) is 4.79 Å². The van der Waals surface area contributed by atoms with Gasteiger partial charge in [0.15, 0.2) is 0 Å². The minimum absolute atomic E-state index is 0.156. The van der Waals surface area contributed by atoms with Gasteiger partial charge in [0.1, 0.15) is 0 Å². The average molecular weight is 216 g/mol. The van der Waals surface area contributed by atoms with Crippen LogP contribution in [-0.2, 0) is 9.53 Å². The molecular weight excluding hydrogens is 192 g/mol. The van der Waals surface area contributed by atoms with Gasteiger partial charge in [-0.1, -0.05) is 44.9 Å². The van der Waals surface area contributed by atoms with Gasteiger partial charge >= 0.3 is 5.97 Å². The lowest BCUT2D eigenvalue weighted by Crippen LogP contribution is -2.27. The van der Waals surface area contributed by atoms with E-state index in [0.29, 0.717) is 6.61 Å². The summed E-state index contributed by atoms with van der Waals surface area (Å²) < 4.78 is 4.90. The van der Waals surface area contributed by atoms with Crippen LogP contribution in [0.3, 0.4) is 0 Å². The molecule has 0 aliphatic rings. The van der Waals surface area contributed by atoms with E-state index < -0.39 is 8.07 Å². The van der Waals surface area contributed by atoms with Crippen molar-refractivity contribution in [2.75, 3.05) is 6.61 Å². The SMILES string of the molecule is CC[Si](C)(CC)CCCCOC(C)=O. The van der Waals surface area contributed by atoms with Crippen molar-refractivity contribution in [3.63, 3.8) is 0 Å². The van der Waals surface area contributed by atoms with E-state index in [1.165, 1.54) is 31.5 Å². The molecule has 3 heteroatoms. The van der Waals surface area contributed by atoms with Gasteiger partial charge in [0.05, 0.1) is 6.61 Å². The fourth-order valence-corrected chi connectivity index (χ4v) is 3.78. The van der Waals surface area contributed by atoms with Crippen LogP contribution < -0.4 is 0 Å². The number of hydrogen-bond acceptors (Lipinski definition) is 2. The number of ether oxygens (including phenoxy) is 1. The van der Waals surface area contributed by atoms with Gasteiger partial charge in [-0.3, -0.25) is 4.79 Å². The number of unbranched alkanes of at least 4 members (excludes halogenated alkanes) is 1. The summed E-state index contributed by atoms with van der Waals surface area (Å²) in [5, 5.41) is 0. The number of carbonyl (C=O) groups excluding carboxylic acids is 1. The lowest BCUT2D eigenvalue weighted by molar-refractivity contribution is -0.141. The minimum Gasteiger partial charge on any atom is -0.466 e. The summed E-state index contributed by atoms with van der Waals surface area (Å²) in [6.07, 6.45) is 2.25.